The van der Waals surface area contributed by atoms with Crippen molar-refractivity contribution in [3.05, 3.63) is 58.9 Å². The molecule has 4 rings (SSSR count). The van der Waals surface area contributed by atoms with E-state index in [0.717, 1.165) is 28.2 Å². The number of aliphatic hydroxyl groups excluding tert-OH is 1. The van der Waals surface area contributed by atoms with Crippen molar-refractivity contribution in [1.82, 2.24) is 9.55 Å². The van der Waals surface area contributed by atoms with Crippen molar-refractivity contribution in [3.63, 3.8) is 0 Å². The minimum atomic E-state index is -0.585. The number of fused-ring (bicyclic) bond motifs is 1. The third kappa shape index (κ3) is 4.59. The molecule has 1 N–H and O–H groups in total. The summed E-state index contributed by atoms with van der Waals surface area (Å²) in [5.74, 6) is 2.49. The van der Waals surface area contributed by atoms with Gasteiger partial charge in [0.2, 0.25) is 0 Å². The van der Waals surface area contributed by atoms with Gasteiger partial charge in [0.15, 0.2) is 0 Å². The van der Waals surface area contributed by atoms with Crippen molar-refractivity contribution in [3.8, 4) is 5.75 Å². The van der Waals surface area contributed by atoms with Gasteiger partial charge in [0.05, 0.1) is 17.6 Å². The molecule has 3 aromatic rings. The van der Waals surface area contributed by atoms with Crippen molar-refractivity contribution in [2.24, 2.45) is 0 Å². The van der Waals surface area contributed by atoms with E-state index in [1.54, 1.807) is 0 Å². The molecule has 4 nitrogen and oxygen atoms in total. The standard InChI is InChI=1S/C24H30N2O2.ClH/c1-16-12-17(2)18(3)23(13-16)28-15-20(27)14-26-22-11-7-6-10-21(22)25-24(26)19-8-4-5-9-19;/h6-7,10-13,19-20,27H,4-5,8-9,14-15H2,1-3H3;1H. The normalized spacial score (nSPS) is 15.4. The molecule has 5 heteroatoms. The Morgan fingerprint density at radius 1 is 1.14 bits per heavy atom. The second-order valence-corrected chi connectivity index (χ2v) is 8.22. The smallest absolute Gasteiger partial charge is 0.122 e. The SMILES string of the molecule is Cc1cc(C)c(C)c(OCC(O)Cn2c(C3CCCC3)nc3ccccc32)c1.Cl. The van der Waals surface area contributed by atoms with Crippen LogP contribution in [0.1, 0.15) is 54.1 Å². The highest BCUT2D eigenvalue weighted by Crippen LogP contribution is 2.35. The zero-order chi connectivity index (χ0) is 19.7. The zero-order valence-corrected chi connectivity index (χ0v) is 18.3. The van der Waals surface area contributed by atoms with Gasteiger partial charge in [-0.05, 0) is 68.5 Å². The first-order valence-corrected chi connectivity index (χ1v) is 10.4. The number of benzene rings is 2. The number of nitrogens with zero attached hydrogens (tertiary/aromatic N) is 2. The first-order valence-electron chi connectivity index (χ1n) is 10.4. The number of halogens is 1. The predicted octanol–water partition coefficient (Wildman–Crippen LogP) is 5.48. The highest BCUT2D eigenvalue weighted by Gasteiger charge is 2.24. The fourth-order valence-electron chi connectivity index (χ4n) is 4.38. The summed E-state index contributed by atoms with van der Waals surface area (Å²) in [6.07, 6.45) is 4.34. The average molecular weight is 415 g/mol. The maximum absolute atomic E-state index is 10.8. The second kappa shape index (κ2) is 9.19. The van der Waals surface area contributed by atoms with Crippen LogP contribution in [0.15, 0.2) is 36.4 Å². The van der Waals surface area contributed by atoms with E-state index in [1.807, 2.05) is 18.2 Å². The number of para-hydroxylation sites is 2. The summed E-state index contributed by atoms with van der Waals surface area (Å²) in [5.41, 5.74) is 5.65. The largest absolute Gasteiger partial charge is 0.491 e. The zero-order valence-electron chi connectivity index (χ0n) is 17.5. The Kier molecular flexibility index (Phi) is 6.86. The monoisotopic (exact) mass is 414 g/mol. The van der Waals surface area contributed by atoms with E-state index >= 15 is 0 Å². The Morgan fingerprint density at radius 2 is 1.86 bits per heavy atom. The quantitative estimate of drug-likeness (QED) is 0.580. The van der Waals surface area contributed by atoms with Crippen LogP contribution in [0, 0.1) is 20.8 Å². The third-order valence-corrected chi connectivity index (χ3v) is 5.99. The molecule has 1 aliphatic rings. The maximum atomic E-state index is 10.8. The summed E-state index contributed by atoms with van der Waals surface area (Å²) in [6, 6.07) is 12.4. The number of hydrogen-bond donors (Lipinski definition) is 1. The summed E-state index contributed by atoms with van der Waals surface area (Å²) in [7, 11) is 0. The molecule has 2 aromatic carbocycles. The van der Waals surface area contributed by atoms with Crippen molar-refractivity contribution in [2.75, 3.05) is 6.61 Å². The van der Waals surface area contributed by atoms with Gasteiger partial charge >= 0.3 is 0 Å². The fraction of sp³-hybridized carbons (Fsp3) is 0.458. The molecule has 1 saturated carbocycles. The molecule has 0 bridgehead atoms. The molecule has 1 fully saturated rings. The first-order chi connectivity index (χ1) is 13.5. The summed E-state index contributed by atoms with van der Waals surface area (Å²) < 4.78 is 8.22. The molecule has 0 saturated heterocycles. The van der Waals surface area contributed by atoms with E-state index in [1.165, 1.54) is 36.8 Å². The van der Waals surface area contributed by atoms with Crippen LogP contribution in [0.25, 0.3) is 11.0 Å². The highest BCUT2D eigenvalue weighted by molar-refractivity contribution is 5.85. The molecule has 156 valence electrons. The van der Waals surface area contributed by atoms with E-state index in [9.17, 15) is 5.11 Å². The second-order valence-electron chi connectivity index (χ2n) is 8.22. The Morgan fingerprint density at radius 3 is 2.62 bits per heavy atom. The van der Waals surface area contributed by atoms with Gasteiger partial charge in [0.25, 0.3) is 0 Å². The average Bonchev–Trinajstić information content (AvgIpc) is 3.32. The van der Waals surface area contributed by atoms with Crippen LogP contribution < -0.4 is 4.74 Å². The van der Waals surface area contributed by atoms with Gasteiger partial charge < -0.3 is 14.4 Å². The number of aryl methyl sites for hydroxylation is 2. The van der Waals surface area contributed by atoms with E-state index in [0.29, 0.717) is 12.5 Å². The minimum Gasteiger partial charge on any atom is -0.491 e. The number of aromatic nitrogens is 2. The summed E-state index contributed by atoms with van der Waals surface area (Å²) in [4.78, 5) is 4.91. The van der Waals surface area contributed by atoms with Crippen molar-refractivity contribution in [1.29, 1.82) is 0 Å². The summed E-state index contributed by atoms with van der Waals surface area (Å²) >= 11 is 0. The van der Waals surface area contributed by atoms with Crippen LogP contribution in [-0.2, 0) is 6.54 Å². The number of hydrogen-bond acceptors (Lipinski definition) is 3. The van der Waals surface area contributed by atoms with Crippen LogP contribution in [0.5, 0.6) is 5.75 Å². The van der Waals surface area contributed by atoms with Crippen molar-refractivity contribution >= 4 is 23.4 Å². The van der Waals surface area contributed by atoms with Crippen molar-refractivity contribution in [2.45, 2.75) is 65.0 Å². The Hall–Kier alpha value is -2.04. The molecule has 1 aromatic heterocycles. The van der Waals surface area contributed by atoms with Crippen LogP contribution in [0.4, 0.5) is 0 Å². The molecule has 0 radical (unpaired) electrons. The van der Waals surface area contributed by atoms with Gasteiger partial charge in [0.1, 0.15) is 24.3 Å². The lowest BCUT2D eigenvalue weighted by molar-refractivity contribution is 0.0920. The fourth-order valence-corrected chi connectivity index (χ4v) is 4.38. The lowest BCUT2D eigenvalue weighted by atomic mass is 10.1. The van der Waals surface area contributed by atoms with Gasteiger partial charge in [-0.25, -0.2) is 4.98 Å². The molecule has 1 unspecified atom stereocenters. The Balaban J connectivity index is 0.00000240. The van der Waals surface area contributed by atoms with E-state index < -0.39 is 6.10 Å². The summed E-state index contributed by atoms with van der Waals surface area (Å²) in [5, 5.41) is 10.8. The van der Waals surface area contributed by atoms with E-state index in [4.69, 9.17) is 9.72 Å². The Labute approximate surface area is 179 Å². The van der Waals surface area contributed by atoms with Gasteiger partial charge in [-0.2, -0.15) is 0 Å². The number of aliphatic hydroxyl groups is 1. The van der Waals surface area contributed by atoms with Gasteiger partial charge in [-0.15, -0.1) is 12.4 Å². The molecule has 1 atom stereocenters. The minimum absolute atomic E-state index is 0. The highest BCUT2D eigenvalue weighted by atomic mass is 35.5. The van der Waals surface area contributed by atoms with Gasteiger partial charge in [-0.1, -0.05) is 31.0 Å². The van der Waals surface area contributed by atoms with Gasteiger partial charge in [-0.3, -0.25) is 0 Å². The van der Waals surface area contributed by atoms with E-state index in [2.05, 4.69) is 43.5 Å². The van der Waals surface area contributed by atoms with Crippen LogP contribution in [-0.4, -0.2) is 27.4 Å². The Bertz CT molecular complexity index is 976. The van der Waals surface area contributed by atoms with Crippen LogP contribution in [0.2, 0.25) is 0 Å². The molecule has 1 aliphatic carbocycles. The maximum Gasteiger partial charge on any atom is 0.122 e. The lowest BCUT2D eigenvalue weighted by Crippen LogP contribution is -2.25. The molecular formula is C24H31ClN2O2. The number of ether oxygens (including phenoxy) is 1. The lowest BCUT2D eigenvalue weighted by Gasteiger charge is -2.19. The molecule has 29 heavy (non-hydrogen) atoms. The summed E-state index contributed by atoms with van der Waals surface area (Å²) in [6.45, 7) is 7.02. The van der Waals surface area contributed by atoms with Gasteiger partial charge in [0, 0.05) is 5.92 Å². The van der Waals surface area contributed by atoms with Crippen LogP contribution >= 0.6 is 12.4 Å². The molecule has 0 spiro atoms. The predicted molar refractivity (Wildman–Crippen MR) is 120 cm³/mol. The first kappa shape index (κ1) is 21.7. The van der Waals surface area contributed by atoms with Crippen LogP contribution in [0.3, 0.4) is 0 Å². The number of rotatable bonds is 6. The topological polar surface area (TPSA) is 47.3 Å². The molecular weight excluding hydrogens is 384 g/mol. The molecule has 0 amide bonds. The molecule has 1 heterocycles. The van der Waals surface area contributed by atoms with E-state index in [-0.39, 0.29) is 19.0 Å². The third-order valence-electron chi connectivity index (χ3n) is 5.99. The van der Waals surface area contributed by atoms with Crippen molar-refractivity contribution < 1.29 is 9.84 Å². The number of imidazole rings is 1. The molecule has 0 aliphatic heterocycles.